The summed E-state index contributed by atoms with van der Waals surface area (Å²) < 4.78 is 12.1. The van der Waals surface area contributed by atoms with E-state index in [1.54, 1.807) is 0 Å². The molecule has 1 aromatic carbocycles. The van der Waals surface area contributed by atoms with Gasteiger partial charge in [0.25, 0.3) is 0 Å². The Labute approximate surface area is 120 Å². The fourth-order valence-electron chi connectivity index (χ4n) is 4.04. The zero-order chi connectivity index (χ0) is 13.6. The lowest BCUT2D eigenvalue weighted by atomic mass is 9.70. The molecule has 3 unspecified atom stereocenters. The standard InChI is InChI=1S/C17H23NO2/c18-16(13-6-9-19-17(11-13)7-3-8-17)15-10-12-4-1-2-5-14(12)20-15/h1-2,4-5,13,15-16H,3,6-11,18H2. The van der Waals surface area contributed by atoms with Crippen molar-refractivity contribution in [3.8, 4) is 5.75 Å². The third kappa shape index (κ3) is 2.04. The summed E-state index contributed by atoms with van der Waals surface area (Å²) in [4.78, 5) is 0. The van der Waals surface area contributed by atoms with Gasteiger partial charge in [0.2, 0.25) is 0 Å². The molecule has 0 bridgehead atoms. The molecular weight excluding hydrogens is 250 g/mol. The summed E-state index contributed by atoms with van der Waals surface area (Å²) in [6.07, 6.45) is 7.08. The second-order valence-corrected chi connectivity index (χ2v) is 6.68. The predicted molar refractivity (Wildman–Crippen MR) is 77.8 cm³/mol. The topological polar surface area (TPSA) is 44.5 Å². The summed E-state index contributed by atoms with van der Waals surface area (Å²) >= 11 is 0. The molecule has 0 aromatic heterocycles. The predicted octanol–water partition coefficient (Wildman–Crippen LogP) is 2.67. The van der Waals surface area contributed by atoms with Gasteiger partial charge in [-0.15, -0.1) is 0 Å². The fraction of sp³-hybridized carbons (Fsp3) is 0.647. The maximum Gasteiger partial charge on any atom is 0.123 e. The molecule has 3 atom stereocenters. The molecule has 2 fully saturated rings. The lowest BCUT2D eigenvalue weighted by Crippen LogP contribution is -2.53. The zero-order valence-corrected chi connectivity index (χ0v) is 11.9. The molecule has 1 saturated carbocycles. The largest absolute Gasteiger partial charge is 0.488 e. The Balaban J connectivity index is 1.44. The van der Waals surface area contributed by atoms with E-state index >= 15 is 0 Å². The first-order chi connectivity index (χ1) is 9.76. The normalized spacial score (nSPS) is 32.2. The fourth-order valence-corrected chi connectivity index (χ4v) is 4.04. The van der Waals surface area contributed by atoms with Gasteiger partial charge < -0.3 is 15.2 Å². The third-order valence-electron chi connectivity index (χ3n) is 5.44. The van der Waals surface area contributed by atoms with Crippen LogP contribution in [0.25, 0.3) is 0 Å². The molecule has 3 nitrogen and oxygen atoms in total. The Kier molecular flexibility index (Phi) is 3.00. The lowest BCUT2D eigenvalue weighted by Gasteiger charge is -2.48. The number of hydrogen-bond acceptors (Lipinski definition) is 3. The van der Waals surface area contributed by atoms with Crippen LogP contribution in [-0.4, -0.2) is 24.4 Å². The summed E-state index contributed by atoms with van der Waals surface area (Å²) in [6, 6.07) is 8.45. The highest BCUT2D eigenvalue weighted by molar-refractivity contribution is 5.37. The lowest BCUT2D eigenvalue weighted by molar-refractivity contribution is -0.148. The summed E-state index contributed by atoms with van der Waals surface area (Å²) in [7, 11) is 0. The van der Waals surface area contributed by atoms with Crippen molar-refractivity contribution in [2.45, 2.75) is 56.3 Å². The zero-order valence-electron chi connectivity index (χ0n) is 11.9. The third-order valence-corrected chi connectivity index (χ3v) is 5.44. The van der Waals surface area contributed by atoms with Crippen molar-refractivity contribution in [2.24, 2.45) is 11.7 Å². The summed E-state index contributed by atoms with van der Waals surface area (Å²) in [5.74, 6) is 1.57. The van der Waals surface area contributed by atoms with Crippen LogP contribution in [-0.2, 0) is 11.2 Å². The van der Waals surface area contributed by atoms with Gasteiger partial charge in [-0.2, -0.15) is 0 Å². The highest BCUT2D eigenvalue weighted by Crippen LogP contribution is 2.45. The highest BCUT2D eigenvalue weighted by Gasteiger charge is 2.45. The number of benzene rings is 1. The highest BCUT2D eigenvalue weighted by atomic mass is 16.5. The van der Waals surface area contributed by atoms with Crippen molar-refractivity contribution < 1.29 is 9.47 Å². The van der Waals surface area contributed by atoms with Crippen molar-refractivity contribution in [3.63, 3.8) is 0 Å². The number of nitrogens with two attached hydrogens (primary N) is 1. The number of hydrogen-bond donors (Lipinski definition) is 1. The molecule has 2 aliphatic heterocycles. The molecule has 1 spiro atoms. The Morgan fingerprint density at radius 3 is 2.85 bits per heavy atom. The molecular formula is C17H23NO2. The second kappa shape index (κ2) is 4.74. The van der Waals surface area contributed by atoms with E-state index < -0.39 is 0 Å². The molecule has 20 heavy (non-hydrogen) atoms. The van der Waals surface area contributed by atoms with Crippen molar-refractivity contribution in [1.29, 1.82) is 0 Å². The Morgan fingerprint density at radius 1 is 1.25 bits per heavy atom. The van der Waals surface area contributed by atoms with Gasteiger partial charge in [0, 0.05) is 19.1 Å². The summed E-state index contributed by atoms with van der Waals surface area (Å²) in [5, 5.41) is 0. The van der Waals surface area contributed by atoms with Crippen LogP contribution in [0.3, 0.4) is 0 Å². The maximum atomic E-state index is 6.55. The van der Waals surface area contributed by atoms with E-state index in [4.69, 9.17) is 15.2 Å². The molecule has 2 heterocycles. The van der Waals surface area contributed by atoms with Crippen molar-refractivity contribution in [2.75, 3.05) is 6.61 Å². The van der Waals surface area contributed by atoms with Crippen LogP contribution in [0.1, 0.15) is 37.7 Å². The van der Waals surface area contributed by atoms with E-state index in [0.29, 0.717) is 5.92 Å². The van der Waals surface area contributed by atoms with E-state index in [1.807, 2.05) is 6.07 Å². The van der Waals surface area contributed by atoms with Gasteiger partial charge in [-0.05, 0) is 49.7 Å². The number of fused-ring (bicyclic) bond motifs is 1. The minimum atomic E-state index is 0.128. The van der Waals surface area contributed by atoms with Crippen molar-refractivity contribution >= 4 is 0 Å². The van der Waals surface area contributed by atoms with E-state index in [-0.39, 0.29) is 17.7 Å². The monoisotopic (exact) mass is 273 g/mol. The summed E-state index contributed by atoms with van der Waals surface area (Å²) in [5.41, 5.74) is 8.03. The average Bonchev–Trinajstić information content (AvgIpc) is 2.89. The van der Waals surface area contributed by atoms with E-state index in [0.717, 1.165) is 31.6 Å². The molecule has 0 radical (unpaired) electrons. The van der Waals surface area contributed by atoms with Gasteiger partial charge in [-0.25, -0.2) is 0 Å². The molecule has 108 valence electrons. The van der Waals surface area contributed by atoms with Crippen LogP contribution in [0.4, 0.5) is 0 Å². The molecule has 4 rings (SSSR count). The Morgan fingerprint density at radius 2 is 2.10 bits per heavy atom. The van der Waals surface area contributed by atoms with Crippen molar-refractivity contribution in [3.05, 3.63) is 29.8 Å². The minimum absolute atomic E-state index is 0.128. The Bertz CT molecular complexity index is 473. The molecule has 1 saturated heterocycles. The van der Waals surface area contributed by atoms with Crippen LogP contribution in [0.15, 0.2) is 24.3 Å². The summed E-state index contributed by atoms with van der Waals surface area (Å²) in [6.45, 7) is 0.873. The molecule has 0 amide bonds. The van der Waals surface area contributed by atoms with Crippen LogP contribution in [0.2, 0.25) is 0 Å². The van der Waals surface area contributed by atoms with Crippen LogP contribution < -0.4 is 10.5 Å². The molecule has 2 N–H and O–H groups in total. The first kappa shape index (κ1) is 12.7. The van der Waals surface area contributed by atoms with Gasteiger partial charge in [-0.3, -0.25) is 0 Å². The molecule has 1 aliphatic carbocycles. The number of ether oxygens (including phenoxy) is 2. The molecule has 3 aliphatic rings. The van der Waals surface area contributed by atoms with E-state index in [9.17, 15) is 0 Å². The first-order valence-electron chi connectivity index (χ1n) is 7.90. The second-order valence-electron chi connectivity index (χ2n) is 6.68. The average molecular weight is 273 g/mol. The van der Waals surface area contributed by atoms with Crippen LogP contribution >= 0.6 is 0 Å². The van der Waals surface area contributed by atoms with E-state index in [2.05, 4.69) is 18.2 Å². The number of rotatable bonds is 2. The van der Waals surface area contributed by atoms with E-state index in [1.165, 1.54) is 24.8 Å². The van der Waals surface area contributed by atoms with Gasteiger partial charge in [0.15, 0.2) is 0 Å². The first-order valence-corrected chi connectivity index (χ1v) is 7.90. The van der Waals surface area contributed by atoms with Crippen molar-refractivity contribution in [1.82, 2.24) is 0 Å². The van der Waals surface area contributed by atoms with Crippen LogP contribution in [0, 0.1) is 5.92 Å². The Hall–Kier alpha value is -1.06. The van der Waals surface area contributed by atoms with Gasteiger partial charge in [0.05, 0.1) is 5.60 Å². The molecule has 1 aromatic rings. The molecule has 3 heteroatoms. The van der Waals surface area contributed by atoms with Gasteiger partial charge >= 0.3 is 0 Å². The van der Waals surface area contributed by atoms with Gasteiger partial charge in [-0.1, -0.05) is 18.2 Å². The smallest absolute Gasteiger partial charge is 0.123 e. The minimum Gasteiger partial charge on any atom is -0.488 e. The van der Waals surface area contributed by atoms with Gasteiger partial charge in [0.1, 0.15) is 11.9 Å². The maximum absolute atomic E-state index is 6.55. The van der Waals surface area contributed by atoms with Crippen LogP contribution in [0.5, 0.6) is 5.75 Å². The SMILES string of the molecule is NC(C1CCOC2(CCC2)C1)C1Cc2ccccc2O1. The number of para-hydroxylation sites is 1. The quantitative estimate of drug-likeness (QED) is 0.901.